The number of rotatable bonds is 8. The third-order valence-electron chi connectivity index (χ3n) is 4.56. The van der Waals surface area contributed by atoms with Crippen molar-refractivity contribution in [2.45, 2.75) is 17.3 Å². The maximum atomic E-state index is 13.4. The van der Waals surface area contributed by atoms with Gasteiger partial charge in [0, 0.05) is 5.69 Å². The maximum absolute atomic E-state index is 13.4. The summed E-state index contributed by atoms with van der Waals surface area (Å²) in [5, 5.41) is 11.5. The second-order valence-corrected chi connectivity index (χ2v) is 7.72. The molecule has 1 aromatic heterocycles. The summed E-state index contributed by atoms with van der Waals surface area (Å²) < 4.78 is 7.54. The van der Waals surface area contributed by atoms with E-state index in [1.165, 1.54) is 11.8 Å². The van der Waals surface area contributed by atoms with E-state index in [-0.39, 0.29) is 5.91 Å². The Morgan fingerprint density at radius 1 is 1.00 bits per heavy atom. The van der Waals surface area contributed by atoms with Crippen LogP contribution in [-0.4, -0.2) is 27.3 Å². The molecule has 0 radical (unpaired) electrons. The SMILES string of the molecule is CCOc1ccccc1NC(=O)[C@H](Sc1nncn1-c1ccccc1)c1ccccc1. The molecular weight excluding hydrogens is 408 g/mol. The molecule has 1 N–H and O–H groups in total. The van der Waals surface area contributed by atoms with Crippen LogP contribution in [0.1, 0.15) is 17.7 Å². The molecule has 0 fully saturated rings. The van der Waals surface area contributed by atoms with Gasteiger partial charge >= 0.3 is 0 Å². The zero-order valence-electron chi connectivity index (χ0n) is 17.0. The molecule has 7 heteroatoms. The van der Waals surface area contributed by atoms with Crippen LogP contribution < -0.4 is 10.1 Å². The molecule has 0 saturated carbocycles. The molecule has 0 aliphatic heterocycles. The number of amides is 1. The summed E-state index contributed by atoms with van der Waals surface area (Å²) >= 11 is 1.35. The number of aromatic nitrogens is 3. The highest BCUT2D eigenvalue weighted by Gasteiger charge is 2.25. The van der Waals surface area contributed by atoms with Crippen LogP contribution in [0.2, 0.25) is 0 Å². The van der Waals surface area contributed by atoms with Gasteiger partial charge in [0.25, 0.3) is 0 Å². The predicted molar refractivity (Wildman–Crippen MR) is 123 cm³/mol. The molecule has 0 spiro atoms. The van der Waals surface area contributed by atoms with Gasteiger partial charge in [0.15, 0.2) is 5.16 Å². The molecule has 1 atom stereocenters. The van der Waals surface area contributed by atoms with Gasteiger partial charge < -0.3 is 10.1 Å². The van der Waals surface area contributed by atoms with Crippen LogP contribution in [0, 0.1) is 0 Å². The van der Waals surface area contributed by atoms with Crippen molar-refractivity contribution >= 4 is 23.4 Å². The van der Waals surface area contributed by atoms with Gasteiger partial charge in [-0.05, 0) is 36.8 Å². The molecule has 6 nitrogen and oxygen atoms in total. The fourth-order valence-corrected chi connectivity index (χ4v) is 4.16. The second-order valence-electron chi connectivity index (χ2n) is 6.65. The molecule has 0 aliphatic carbocycles. The Morgan fingerprint density at radius 2 is 1.68 bits per heavy atom. The number of para-hydroxylation sites is 3. The zero-order chi connectivity index (χ0) is 21.5. The minimum Gasteiger partial charge on any atom is -0.492 e. The molecule has 31 heavy (non-hydrogen) atoms. The van der Waals surface area contributed by atoms with Crippen LogP contribution in [-0.2, 0) is 4.79 Å². The monoisotopic (exact) mass is 430 g/mol. The Hall–Kier alpha value is -3.58. The molecule has 4 aromatic rings. The summed E-state index contributed by atoms with van der Waals surface area (Å²) in [6.07, 6.45) is 1.65. The second kappa shape index (κ2) is 9.95. The van der Waals surface area contributed by atoms with Crippen molar-refractivity contribution in [3.05, 3.63) is 96.8 Å². The van der Waals surface area contributed by atoms with E-state index in [9.17, 15) is 4.79 Å². The van der Waals surface area contributed by atoms with Gasteiger partial charge in [-0.15, -0.1) is 10.2 Å². The highest BCUT2D eigenvalue weighted by atomic mass is 32.2. The lowest BCUT2D eigenvalue weighted by Gasteiger charge is -2.18. The number of hydrogen-bond donors (Lipinski definition) is 1. The minimum absolute atomic E-state index is 0.161. The van der Waals surface area contributed by atoms with Crippen molar-refractivity contribution in [3.8, 4) is 11.4 Å². The van der Waals surface area contributed by atoms with Crippen molar-refractivity contribution < 1.29 is 9.53 Å². The standard InChI is InChI=1S/C24H22N4O2S/c1-2-30-21-16-10-9-15-20(21)26-23(29)22(18-11-5-3-6-12-18)31-24-27-25-17-28(24)19-13-7-4-8-14-19/h3-17,22H,2H2,1H3,(H,26,29)/t22-/m1/s1. The number of nitrogens with one attached hydrogen (secondary N) is 1. The number of anilines is 1. The summed E-state index contributed by atoms with van der Waals surface area (Å²) in [5.41, 5.74) is 2.45. The molecule has 3 aromatic carbocycles. The lowest BCUT2D eigenvalue weighted by molar-refractivity contribution is -0.115. The normalized spacial score (nSPS) is 11.6. The van der Waals surface area contributed by atoms with Gasteiger partial charge in [-0.25, -0.2) is 0 Å². The molecule has 1 heterocycles. The number of thioether (sulfide) groups is 1. The summed E-state index contributed by atoms with van der Waals surface area (Å²) in [7, 11) is 0. The van der Waals surface area contributed by atoms with Gasteiger partial charge in [-0.3, -0.25) is 9.36 Å². The van der Waals surface area contributed by atoms with Gasteiger partial charge in [0.05, 0.1) is 12.3 Å². The predicted octanol–water partition coefficient (Wildman–Crippen LogP) is 5.14. The number of benzene rings is 3. The highest BCUT2D eigenvalue weighted by molar-refractivity contribution is 8.00. The number of carbonyl (C=O) groups is 1. The molecule has 0 unspecified atom stereocenters. The maximum Gasteiger partial charge on any atom is 0.242 e. The van der Waals surface area contributed by atoms with E-state index < -0.39 is 5.25 Å². The third kappa shape index (κ3) is 4.95. The van der Waals surface area contributed by atoms with Crippen molar-refractivity contribution in [2.24, 2.45) is 0 Å². The van der Waals surface area contributed by atoms with Crippen molar-refractivity contribution in [2.75, 3.05) is 11.9 Å². The number of ether oxygens (including phenoxy) is 1. The van der Waals surface area contributed by atoms with Crippen LogP contribution >= 0.6 is 11.8 Å². The fourth-order valence-electron chi connectivity index (χ4n) is 3.13. The molecular formula is C24H22N4O2S. The Labute approximate surface area is 185 Å². The summed E-state index contributed by atoms with van der Waals surface area (Å²) in [6.45, 7) is 2.43. The van der Waals surface area contributed by atoms with E-state index in [0.29, 0.717) is 23.2 Å². The molecule has 0 aliphatic rings. The van der Waals surface area contributed by atoms with Crippen LogP contribution in [0.5, 0.6) is 5.75 Å². The fraction of sp³-hybridized carbons (Fsp3) is 0.125. The molecule has 156 valence electrons. The van der Waals surface area contributed by atoms with Crippen LogP contribution in [0.4, 0.5) is 5.69 Å². The van der Waals surface area contributed by atoms with E-state index in [4.69, 9.17) is 4.74 Å². The van der Waals surface area contributed by atoms with Gasteiger partial charge in [0.2, 0.25) is 5.91 Å². The molecule has 1 amide bonds. The summed E-state index contributed by atoms with van der Waals surface area (Å²) in [4.78, 5) is 13.4. The first-order valence-corrected chi connectivity index (χ1v) is 10.8. The molecule has 0 bridgehead atoms. The Kier molecular flexibility index (Phi) is 6.64. The highest BCUT2D eigenvalue weighted by Crippen LogP contribution is 2.37. The first kappa shape index (κ1) is 20.7. The number of nitrogens with zero attached hydrogens (tertiary/aromatic N) is 3. The molecule has 4 rings (SSSR count). The van der Waals surface area contributed by atoms with Crippen molar-refractivity contribution in [3.63, 3.8) is 0 Å². The van der Waals surface area contributed by atoms with E-state index in [2.05, 4.69) is 15.5 Å². The summed E-state index contributed by atoms with van der Waals surface area (Å²) in [5.74, 6) is 0.480. The first-order valence-electron chi connectivity index (χ1n) is 9.96. The van der Waals surface area contributed by atoms with Crippen LogP contribution in [0.15, 0.2) is 96.4 Å². The van der Waals surface area contributed by atoms with Gasteiger partial charge in [-0.1, -0.05) is 72.4 Å². The average Bonchev–Trinajstić information content (AvgIpc) is 3.28. The average molecular weight is 431 g/mol. The largest absolute Gasteiger partial charge is 0.492 e. The third-order valence-corrected chi connectivity index (χ3v) is 5.77. The first-order chi connectivity index (χ1) is 15.3. The Morgan fingerprint density at radius 3 is 2.42 bits per heavy atom. The van der Waals surface area contributed by atoms with Crippen LogP contribution in [0.25, 0.3) is 5.69 Å². The summed E-state index contributed by atoms with van der Waals surface area (Å²) in [6, 6.07) is 26.9. The zero-order valence-corrected chi connectivity index (χ0v) is 17.8. The number of hydrogen-bond acceptors (Lipinski definition) is 5. The van der Waals surface area contributed by atoms with Crippen molar-refractivity contribution in [1.29, 1.82) is 0 Å². The van der Waals surface area contributed by atoms with E-state index >= 15 is 0 Å². The number of carbonyl (C=O) groups excluding carboxylic acids is 1. The lowest BCUT2D eigenvalue weighted by Crippen LogP contribution is -2.20. The smallest absolute Gasteiger partial charge is 0.242 e. The van der Waals surface area contributed by atoms with E-state index in [1.54, 1.807) is 6.33 Å². The minimum atomic E-state index is -0.525. The Bertz CT molecular complexity index is 1130. The van der Waals surface area contributed by atoms with E-state index in [1.807, 2.05) is 96.4 Å². The topological polar surface area (TPSA) is 69.0 Å². The molecule has 0 saturated heterocycles. The van der Waals surface area contributed by atoms with E-state index in [0.717, 1.165) is 11.3 Å². The van der Waals surface area contributed by atoms with Gasteiger partial charge in [-0.2, -0.15) is 0 Å². The Balaban J connectivity index is 1.64. The van der Waals surface area contributed by atoms with Crippen LogP contribution in [0.3, 0.4) is 0 Å². The lowest BCUT2D eigenvalue weighted by atomic mass is 10.1. The van der Waals surface area contributed by atoms with Crippen molar-refractivity contribution in [1.82, 2.24) is 14.8 Å². The van der Waals surface area contributed by atoms with Gasteiger partial charge in [0.1, 0.15) is 17.3 Å². The quantitative estimate of drug-likeness (QED) is 0.392.